The third-order valence-electron chi connectivity index (χ3n) is 6.01. The van der Waals surface area contributed by atoms with E-state index in [-0.39, 0.29) is 5.54 Å². The first kappa shape index (κ1) is 28.5. The van der Waals surface area contributed by atoms with Gasteiger partial charge in [0, 0.05) is 55.7 Å². The number of hydrogen-bond acceptors (Lipinski definition) is 6. The molecule has 5 rings (SSSR count). The van der Waals surface area contributed by atoms with Crippen LogP contribution in [0.2, 0.25) is 10.0 Å². The van der Waals surface area contributed by atoms with Gasteiger partial charge in [0.05, 0.1) is 16.9 Å². The molecule has 5 nitrogen and oxygen atoms in total. The van der Waals surface area contributed by atoms with Crippen molar-refractivity contribution in [1.29, 1.82) is 0 Å². The zero-order valence-electron chi connectivity index (χ0n) is 22.3. The number of benzene rings is 3. The number of hydrogen-bond donors (Lipinski definition) is 2. The van der Waals surface area contributed by atoms with Crippen molar-refractivity contribution in [2.45, 2.75) is 35.6 Å². The van der Waals surface area contributed by atoms with Gasteiger partial charge in [-0.2, -0.15) is 0 Å². The lowest BCUT2D eigenvalue weighted by Crippen LogP contribution is -2.39. The first-order valence-electron chi connectivity index (χ1n) is 12.7. The van der Waals surface area contributed by atoms with E-state index < -0.39 is 0 Å². The summed E-state index contributed by atoms with van der Waals surface area (Å²) in [6.07, 6.45) is 2.89. The highest BCUT2D eigenvalue weighted by molar-refractivity contribution is 7.99. The number of nitrogens with two attached hydrogens (primary N) is 1. The summed E-state index contributed by atoms with van der Waals surface area (Å²) >= 11 is 14.0. The largest absolute Gasteiger partial charge is 0.383 e. The van der Waals surface area contributed by atoms with Gasteiger partial charge < -0.3 is 20.9 Å². The van der Waals surface area contributed by atoms with Crippen molar-refractivity contribution in [3.63, 3.8) is 0 Å². The van der Waals surface area contributed by atoms with Crippen molar-refractivity contribution in [3.05, 3.63) is 83.0 Å². The van der Waals surface area contributed by atoms with E-state index in [1.165, 1.54) is 21.2 Å². The average molecular weight is 569 g/mol. The van der Waals surface area contributed by atoms with Gasteiger partial charge in [-0.15, -0.1) is 0 Å². The van der Waals surface area contributed by atoms with Gasteiger partial charge >= 0.3 is 0 Å². The Bertz CT molecular complexity index is 1390. The van der Waals surface area contributed by atoms with Gasteiger partial charge in [-0.05, 0) is 95.5 Å². The molecule has 0 saturated carbocycles. The van der Waals surface area contributed by atoms with Crippen LogP contribution < -0.4 is 16.0 Å². The molecule has 0 spiro atoms. The second kappa shape index (κ2) is 12.6. The summed E-state index contributed by atoms with van der Waals surface area (Å²) in [4.78, 5) is 11.5. The fraction of sp³-hybridized carbons (Fsp3) is 0.300. The topological polar surface area (TPSA) is 57.4 Å². The quantitative estimate of drug-likeness (QED) is 0.236. The molecule has 200 valence electrons. The Morgan fingerprint density at radius 1 is 0.947 bits per heavy atom. The van der Waals surface area contributed by atoms with Crippen LogP contribution in [0.3, 0.4) is 0 Å². The Kier molecular flexibility index (Phi) is 9.45. The smallest absolute Gasteiger partial charge is 0.0737 e. The van der Waals surface area contributed by atoms with Crippen molar-refractivity contribution in [2.75, 3.05) is 43.9 Å². The lowest BCUT2D eigenvalue weighted by atomic mass is 10.1. The molecular weight excluding hydrogens is 533 g/mol. The number of nitrogens with one attached hydrogen (secondary N) is 1. The second-order valence-electron chi connectivity index (χ2n) is 10.4. The van der Waals surface area contributed by atoms with Gasteiger partial charge in [0.25, 0.3) is 0 Å². The highest BCUT2D eigenvalue weighted by Gasteiger charge is 2.23. The molecule has 0 saturated heterocycles. The average Bonchev–Trinajstić information content (AvgIpc) is 2.87. The van der Waals surface area contributed by atoms with Crippen LogP contribution in [0.25, 0.3) is 10.9 Å². The van der Waals surface area contributed by atoms with Crippen LogP contribution >= 0.6 is 35.0 Å². The van der Waals surface area contributed by atoms with E-state index in [0.29, 0.717) is 11.6 Å². The van der Waals surface area contributed by atoms with Gasteiger partial charge in [-0.1, -0.05) is 47.1 Å². The molecule has 3 aromatic carbocycles. The van der Waals surface area contributed by atoms with Crippen molar-refractivity contribution < 1.29 is 0 Å². The van der Waals surface area contributed by atoms with Crippen LogP contribution in [0.4, 0.5) is 17.1 Å². The van der Waals surface area contributed by atoms with Gasteiger partial charge in [0.15, 0.2) is 0 Å². The van der Waals surface area contributed by atoms with Crippen LogP contribution in [0.15, 0.2) is 82.7 Å². The minimum absolute atomic E-state index is 0.248. The standard InChI is InChI=1S/C17H19ClN2S.C13H16ClN3/c1-19(2)10-5-11-20-14-6-3-4-7-16(14)21-17-9-8-13(18)12-15(17)20;1-13(2,15)8-17-11-5-6-16-12-7-9(14)3-4-10(11)12/h3-4,6-9,12H,5,10-11H2,1-2H3;3-7H,8,15H2,1-2H3,(H,16,17). The Hall–Kier alpha value is -2.48. The summed E-state index contributed by atoms with van der Waals surface area (Å²) < 4.78 is 0. The summed E-state index contributed by atoms with van der Waals surface area (Å²) in [5.41, 5.74) is 10.1. The molecule has 0 fully saturated rings. The monoisotopic (exact) mass is 567 g/mol. The molecule has 1 aromatic heterocycles. The summed E-state index contributed by atoms with van der Waals surface area (Å²) in [6, 6.07) is 22.4. The number of halogens is 2. The maximum Gasteiger partial charge on any atom is 0.0737 e. The number of nitrogens with zero attached hydrogens (tertiary/aromatic N) is 3. The van der Waals surface area contributed by atoms with Crippen LogP contribution in [0.1, 0.15) is 20.3 Å². The molecule has 3 N–H and O–H groups in total. The highest BCUT2D eigenvalue weighted by Crippen LogP contribution is 2.48. The van der Waals surface area contributed by atoms with Crippen molar-refractivity contribution in [3.8, 4) is 0 Å². The Labute approximate surface area is 240 Å². The first-order chi connectivity index (χ1) is 18.1. The maximum atomic E-state index is 6.21. The number of fused-ring (bicyclic) bond motifs is 3. The second-order valence-corrected chi connectivity index (χ2v) is 12.3. The van der Waals surface area contributed by atoms with E-state index in [9.17, 15) is 0 Å². The van der Waals surface area contributed by atoms with Crippen LogP contribution in [-0.2, 0) is 0 Å². The first-order valence-corrected chi connectivity index (χ1v) is 14.2. The lowest BCUT2D eigenvalue weighted by molar-refractivity contribution is 0.402. The molecule has 0 radical (unpaired) electrons. The Morgan fingerprint density at radius 3 is 2.42 bits per heavy atom. The molecule has 2 heterocycles. The number of anilines is 3. The van der Waals surface area contributed by atoms with Gasteiger partial charge in [-0.25, -0.2) is 0 Å². The zero-order chi connectivity index (χ0) is 27.3. The van der Waals surface area contributed by atoms with Crippen molar-refractivity contribution in [1.82, 2.24) is 9.88 Å². The number of pyridine rings is 1. The number of para-hydroxylation sites is 1. The van der Waals surface area contributed by atoms with E-state index in [4.69, 9.17) is 28.9 Å². The van der Waals surface area contributed by atoms with E-state index in [1.807, 2.05) is 55.9 Å². The predicted molar refractivity (Wildman–Crippen MR) is 166 cm³/mol. The van der Waals surface area contributed by atoms with Crippen molar-refractivity contribution in [2.24, 2.45) is 5.73 Å². The third kappa shape index (κ3) is 7.55. The molecule has 4 aromatic rings. The van der Waals surface area contributed by atoms with E-state index in [0.717, 1.165) is 41.1 Å². The summed E-state index contributed by atoms with van der Waals surface area (Å²) in [6.45, 7) is 6.76. The zero-order valence-corrected chi connectivity index (χ0v) is 24.7. The van der Waals surface area contributed by atoms with Gasteiger partial charge in [-0.3, -0.25) is 4.98 Å². The summed E-state index contributed by atoms with van der Waals surface area (Å²) in [7, 11) is 4.23. The molecule has 0 bridgehead atoms. The normalized spacial score (nSPS) is 12.6. The molecule has 38 heavy (non-hydrogen) atoms. The van der Waals surface area contributed by atoms with E-state index in [2.05, 4.69) is 70.6 Å². The summed E-state index contributed by atoms with van der Waals surface area (Å²) in [5, 5.41) is 5.89. The molecule has 1 aliphatic heterocycles. The minimum Gasteiger partial charge on any atom is -0.383 e. The lowest BCUT2D eigenvalue weighted by Gasteiger charge is -2.33. The minimum atomic E-state index is -0.248. The predicted octanol–water partition coefficient (Wildman–Crippen LogP) is 7.93. The summed E-state index contributed by atoms with van der Waals surface area (Å²) in [5.74, 6) is 0. The number of aromatic nitrogens is 1. The van der Waals surface area contributed by atoms with Crippen LogP contribution in [-0.4, -0.2) is 49.2 Å². The maximum absolute atomic E-state index is 6.21. The Balaban J connectivity index is 0.000000181. The molecule has 1 aliphatic rings. The molecule has 0 unspecified atom stereocenters. The molecule has 8 heteroatoms. The molecule has 0 atom stereocenters. The van der Waals surface area contributed by atoms with Crippen LogP contribution in [0, 0.1) is 0 Å². The fourth-order valence-electron chi connectivity index (χ4n) is 4.19. The molecule has 0 amide bonds. The van der Waals surface area contributed by atoms with E-state index in [1.54, 1.807) is 6.20 Å². The SMILES string of the molecule is CC(C)(N)CNc1ccnc2cc(Cl)ccc12.CN(C)CCCN1c2ccccc2Sc2ccc(Cl)cc21. The Morgan fingerprint density at radius 2 is 1.66 bits per heavy atom. The van der Waals surface area contributed by atoms with E-state index >= 15 is 0 Å². The van der Waals surface area contributed by atoms with Crippen molar-refractivity contribution >= 4 is 62.9 Å². The molecule has 0 aliphatic carbocycles. The van der Waals surface area contributed by atoms with Gasteiger partial charge in [0.2, 0.25) is 0 Å². The molecular formula is C30H35Cl2N5S. The van der Waals surface area contributed by atoms with Crippen LogP contribution in [0.5, 0.6) is 0 Å². The van der Waals surface area contributed by atoms with Gasteiger partial charge in [0.1, 0.15) is 0 Å². The fourth-order valence-corrected chi connectivity index (χ4v) is 5.60. The highest BCUT2D eigenvalue weighted by atomic mass is 35.5. The number of rotatable bonds is 7. The third-order valence-corrected chi connectivity index (χ3v) is 7.61.